The van der Waals surface area contributed by atoms with Crippen molar-refractivity contribution in [2.75, 3.05) is 25.0 Å². The quantitative estimate of drug-likeness (QED) is 0.807. The Labute approximate surface area is 144 Å². The summed E-state index contributed by atoms with van der Waals surface area (Å²) in [5.41, 5.74) is 1.79. The van der Waals surface area contributed by atoms with Gasteiger partial charge in [0, 0.05) is 43.9 Å². The van der Waals surface area contributed by atoms with Crippen LogP contribution < -0.4 is 15.5 Å². The van der Waals surface area contributed by atoms with Crippen LogP contribution in [0.4, 0.5) is 5.69 Å². The summed E-state index contributed by atoms with van der Waals surface area (Å²) in [7, 11) is 2.07. The van der Waals surface area contributed by atoms with Crippen molar-refractivity contribution >= 4 is 17.5 Å². The number of nitrogens with zero attached hydrogens (tertiary/aromatic N) is 1. The van der Waals surface area contributed by atoms with Crippen LogP contribution in [-0.2, 0) is 4.79 Å². The van der Waals surface area contributed by atoms with Gasteiger partial charge >= 0.3 is 0 Å². The molecule has 0 aromatic heterocycles. The highest BCUT2D eigenvalue weighted by molar-refractivity contribution is 5.94. The van der Waals surface area contributed by atoms with Gasteiger partial charge in [-0.1, -0.05) is 13.3 Å². The lowest BCUT2D eigenvalue weighted by Crippen LogP contribution is -2.43. The normalized spacial score (nSPS) is 20.4. The zero-order valence-corrected chi connectivity index (χ0v) is 15.0. The first-order valence-electron chi connectivity index (χ1n) is 8.88. The minimum absolute atomic E-state index is 0.0728. The van der Waals surface area contributed by atoms with E-state index in [-0.39, 0.29) is 23.8 Å². The van der Waals surface area contributed by atoms with Crippen LogP contribution in [0.15, 0.2) is 24.3 Å². The summed E-state index contributed by atoms with van der Waals surface area (Å²) in [6.45, 7) is 5.75. The number of carbonyl (C=O) groups excluding carboxylic acids is 2. The van der Waals surface area contributed by atoms with Crippen LogP contribution in [0, 0.1) is 5.92 Å². The molecule has 0 spiro atoms. The zero-order chi connectivity index (χ0) is 17.5. The lowest BCUT2D eigenvalue weighted by Gasteiger charge is -2.27. The molecule has 2 amide bonds. The van der Waals surface area contributed by atoms with Crippen molar-refractivity contribution in [2.45, 2.75) is 45.6 Å². The molecule has 0 unspecified atom stereocenters. The first-order valence-corrected chi connectivity index (χ1v) is 8.88. The van der Waals surface area contributed by atoms with Gasteiger partial charge in [0.05, 0.1) is 0 Å². The summed E-state index contributed by atoms with van der Waals surface area (Å²) < 4.78 is 0. The Bertz CT molecular complexity index is 556. The van der Waals surface area contributed by atoms with E-state index >= 15 is 0 Å². The summed E-state index contributed by atoms with van der Waals surface area (Å²) in [6.07, 6.45) is 3.73. The maximum Gasteiger partial charge on any atom is 0.251 e. The molecule has 1 fully saturated rings. The van der Waals surface area contributed by atoms with E-state index in [0.717, 1.165) is 25.1 Å². The van der Waals surface area contributed by atoms with E-state index in [1.165, 1.54) is 6.42 Å². The van der Waals surface area contributed by atoms with Gasteiger partial charge in [-0.3, -0.25) is 9.59 Å². The number of amides is 2. The molecule has 1 aliphatic heterocycles. The van der Waals surface area contributed by atoms with Crippen molar-refractivity contribution < 1.29 is 9.59 Å². The van der Waals surface area contributed by atoms with Gasteiger partial charge in [-0.2, -0.15) is 0 Å². The molecule has 0 radical (unpaired) electrons. The molecule has 1 aliphatic rings. The molecule has 2 atom stereocenters. The van der Waals surface area contributed by atoms with Crippen LogP contribution in [0.1, 0.15) is 49.9 Å². The van der Waals surface area contributed by atoms with Crippen LogP contribution in [0.5, 0.6) is 0 Å². The third kappa shape index (κ3) is 5.25. The van der Waals surface area contributed by atoms with E-state index in [0.29, 0.717) is 18.5 Å². The Kier molecular flexibility index (Phi) is 6.64. The van der Waals surface area contributed by atoms with Crippen molar-refractivity contribution in [1.82, 2.24) is 10.6 Å². The van der Waals surface area contributed by atoms with Gasteiger partial charge in [-0.25, -0.2) is 0 Å². The number of benzene rings is 1. The molecule has 2 N–H and O–H groups in total. The van der Waals surface area contributed by atoms with Crippen LogP contribution in [0.25, 0.3) is 0 Å². The maximum absolute atomic E-state index is 12.3. The van der Waals surface area contributed by atoms with Crippen molar-refractivity contribution in [3.8, 4) is 0 Å². The first kappa shape index (κ1) is 18.3. The fraction of sp³-hybridized carbons (Fsp3) is 0.579. The molecule has 0 saturated carbocycles. The first-order chi connectivity index (χ1) is 11.5. The molecule has 2 rings (SSSR count). The summed E-state index contributed by atoms with van der Waals surface area (Å²) in [5.74, 6) is 0.223. The molecule has 1 aromatic carbocycles. The fourth-order valence-corrected chi connectivity index (χ4v) is 3.12. The molecule has 1 aromatic rings. The number of anilines is 1. The molecule has 5 heteroatoms. The molecule has 1 saturated heterocycles. The Morgan fingerprint density at radius 1 is 1.33 bits per heavy atom. The van der Waals surface area contributed by atoms with E-state index in [2.05, 4.69) is 29.5 Å². The number of rotatable bonds is 7. The van der Waals surface area contributed by atoms with Crippen molar-refractivity contribution in [3.05, 3.63) is 29.8 Å². The zero-order valence-electron chi connectivity index (χ0n) is 15.0. The molecule has 0 bridgehead atoms. The summed E-state index contributed by atoms with van der Waals surface area (Å²) in [4.78, 5) is 26.0. The van der Waals surface area contributed by atoms with Crippen LogP contribution in [0.3, 0.4) is 0 Å². The second-order valence-corrected chi connectivity index (χ2v) is 6.81. The van der Waals surface area contributed by atoms with Gasteiger partial charge in [0.15, 0.2) is 0 Å². The summed E-state index contributed by atoms with van der Waals surface area (Å²) in [6, 6.07) is 7.89. The maximum atomic E-state index is 12.3. The van der Waals surface area contributed by atoms with E-state index in [4.69, 9.17) is 0 Å². The average Bonchev–Trinajstić information content (AvgIpc) is 2.57. The van der Waals surface area contributed by atoms with Crippen LogP contribution in [-0.4, -0.2) is 38.0 Å². The smallest absolute Gasteiger partial charge is 0.251 e. The van der Waals surface area contributed by atoms with Gasteiger partial charge < -0.3 is 15.5 Å². The molecule has 1 heterocycles. The van der Waals surface area contributed by atoms with E-state index in [1.807, 2.05) is 31.2 Å². The van der Waals surface area contributed by atoms with Gasteiger partial charge in [0.25, 0.3) is 5.91 Å². The monoisotopic (exact) mass is 331 g/mol. The molecular formula is C19H29N3O2. The SMILES string of the molecule is CCCCN(C)c1ccc(C(=O)NC[C@H]2CC(=O)N[C@H](C)C2)cc1. The Morgan fingerprint density at radius 2 is 2.04 bits per heavy atom. The lowest BCUT2D eigenvalue weighted by molar-refractivity contribution is -0.124. The molecular weight excluding hydrogens is 302 g/mol. The standard InChI is InChI=1S/C19H29N3O2/c1-4-5-10-22(3)17-8-6-16(7-9-17)19(24)20-13-15-11-14(2)21-18(23)12-15/h6-9,14-15H,4-5,10-13H2,1-3H3,(H,20,24)(H,21,23)/t14-,15-/m1/s1. The number of hydrogen-bond acceptors (Lipinski definition) is 3. The largest absolute Gasteiger partial charge is 0.375 e. The lowest BCUT2D eigenvalue weighted by atomic mass is 9.92. The van der Waals surface area contributed by atoms with Gasteiger partial charge in [-0.05, 0) is 49.9 Å². The highest BCUT2D eigenvalue weighted by atomic mass is 16.2. The molecule has 24 heavy (non-hydrogen) atoms. The van der Waals surface area contributed by atoms with Crippen molar-refractivity contribution in [1.29, 1.82) is 0 Å². The number of piperidine rings is 1. The minimum Gasteiger partial charge on any atom is -0.375 e. The van der Waals surface area contributed by atoms with Crippen LogP contribution >= 0.6 is 0 Å². The molecule has 5 nitrogen and oxygen atoms in total. The Balaban J connectivity index is 1.85. The number of nitrogens with one attached hydrogen (secondary N) is 2. The van der Waals surface area contributed by atoms with Crippen LogP contribution in [0.2, 0.25) is 0 Å². The summed E-state index contributed by atoms with van der Waals surface area (Å²) in [5, 5.41) is 5.86. The fourth-order valence-electron chi connectivity index (χ4n) is 3.12. The second-order valence-electron chi connectivity index (χ2n) is 6.81. The van der Waals surface area contributed by atoms with E-state index in [1.54, 1.807) is 0 Å². The predicted molar refractivity (Wildman–Crippen MR) is 97.3 cm³/mol. The second kappa shape index (κ2) is 8.71. The molecule has 0 aliphatic carbocycles. The topological polar surface area (TPSA) is 61.4 Å². The highest BCUT2D eigenvalue weighted by Crippen LogP contribution is 2.17. The number of hydrogen-bond donors (Lipinski definition) is 2. The van der Waals surface area contributed by atoms with E-state index in [9.17, 15) is 9.59 Å². The number of unbranched alkanes of at least 4 members (excludes halogenated alkanes) is 1. The van der Waals surface area contributed by atoms with E-state index < -0.39 is 0 Å². The predicted octanol–water partition coefficient (Wildman–Crippen LogP) is 2.57. The Morgan fingerprint density at radius 3 is 2.67 bits per heavy atom. The van der Waals surface area contributed by atoms with Crippen molar-refractivity contribution in [2.24, 2.45) is 5.92 Å². The third-order valence-corrected chi connectivity index (χ3v) is 4.54. The molecule has 132 valence electrons. The summed E-state index contributed by atoms with van der Waals surface area (Å²) >= 11 is 0. The van der Waals surface area contributed by atoms with Crippen molar-refractivity contribution in [3.63, 3.8) is 0 Å². The number of carbonyl (C=O) groups is 2. The average molecular weight is 331 g/mol. The van der Waals surface area contributed by atoms with Gasteiger partial charge in [0.1, 0.15) is 0 Å². The third-order valence-electron chi connectivity index (χ3n) is 4.54. The highest BCUT2D eigenvalue weighted by Gasteiger charge is 2.24. The van der Waals surface area contributed by atoms with Gasteiger partial charge in [0.2, 0.25) is 5.91 Å². The minimum atomic E-state index is -0.0728. The van der Waals surface area contributed by atoms with Gasteiger partial charge in [-0.15, -0.1) is 0 Å². The Hall–Kier alpha value is -2.04.